The summed E-state index contributed by atoms with van der Waals surface area (Å²) in [4.78, 5) is 3.83. The van der Waals surface area contributed by atoms with Gasteiger partial charge < -0.3 is 5.32 Å². The fraction of sp³-hybridized carbons (Fsp3) is 0.167. The molecule has 1 heterocycles. The summed E-state index contributed by atoms with van der Waals surface area (Å²) in [5.41, 5.74) is 1.19. The van der Waals surface area contributed by atoms with E-state index >= 15 is 0 Å². The molecule has 0 saturated heterocycles. The van der Waals surface area contributed by atoms with Crippen molar-refractivity contribution < 1.29 is 4.39 Å². The Morgan fingerprint density at radius 2 is 2.35 bits per heavy atom. The highest BCUT2D eigenvalue weighted by Crippen LogP contribution is 2.16. The van der Waals surface area contributed by atoms with Gasteiger partial charge in [0.15, 0.2) is 0 Å². The molecule has 0 amide bonds. The van der Waals surface area contributed by atoms with E-state index in [0.717, 1.165) is 5.56 Å². The number of hydrogen-bond acceptors (Lipinski definition) is 3. The zero-order valence-electron chi connectivity index (χ0n) is 9.31. The van der Waals surface area contributed by atoms with Gasteiger partial charge >= 0.3 is 0 Å². The third-order valence-corrected chi connectivity index (χ3v) is 2.39. The van der Waals surface area contributed by atoms with Crippen LogP contribution in [-0.2, 0) is 6.54 Å². The highest BCUT2D eigenvalue weighted by Gasteiger charge is 2.09. The van der Waals surface area contributed by atoms with Crippen LogP contribution in [0.2, 0.25) is 0 Å². The molecule has 0 saturated carbocycles. The van der Waals surface area contributed by atoms with E-state index in [-0.39, 0.29) is 11.6 Å². The van der Waals surface area contributed by atoms with Crippen molar-refractivity contribution >= 4 is 0 Å². The van der Waals surface area contributed by atoms with E-state index in [0.29, 0.717) is 12.2 Å². The van der Waals surface area contributed by atoms with Gasteiger partial charge in [-0.25, -0.2) is 9.37 Å². The van der Waals surface area contributed by atoms with Crippen molar-refractivity contribution in [1.82, 2.24) is 14.9 Å². The highest BCUT2D eigenvalue weighted by molar-refractivity contribution is 5.39. The van der Waals surface area contributed by atoms with Crippen LogP contribution < -0.4 is 5.32 Å². The maximum absolute atomic E-state index is 13.9. The van der Waals surface area contributed by atoms with E-state index in [1.807, 2.05) is 12.1 Å². The van der Waals surface area contributed by atoms with Crippen molar-refractivity contribution in [3.8, 4) is 11.8 Å². The van der Waals surface area contributed by atoms with Crippen molar-refractivity contribution in [2.75, 3.05) is 7.05 Å². The Bertz CT molecular complexity index is 568. The Hall–Kier alpha value is -2.19. The second-order valence-corrected chi connectivity index (χ2v) is 3.55. The normalized spacial score (nSPS) is 10.2. The molecule has 4 nitrogen and oxygen atoms in total. The molecule has 0 radical (unpaired) electrons. The van der Waals surface area contributed by atoms with Gasteiger partial charge in [-0.3, -0.25) is 4.57 Å². The molecule has 1 aromatic carbocycles. The molecule has 17 heavy (non-hydrogen) atoms. The van der Waals surface area contributed by atoms with Crippen molar-refractivity contribution in [3.63, 3.8) is 0 Å². The average molecular weight is 230 g/mol. The van der Waals surface area contributed by atoms with E-state index in [1.165, 1.54) is 16.8 Å². The van der Waals surface area contributed by atoms with Gasteiger partial charge in [-0.2, -0.15) is 5.26 Å². The number of imidazole rings is 1. The van der Waals surface area contributed by atoms with Crippen LogP contribution in [0.25, 0.3) is 5.69 Å². The lowest BCUT2D eigenvalue weighted by atomic mass is 10.2. The van der Waals surface area contributed by atoms with Crippen LogP contribution in [0.1, 0.15) is 11.4 Å². The molecule has 0 bridgehead atoms. The summed E-state index contributed by atoms with van der Waals surface area (Å²) in [6, 6.07) is 6.82. The van der Waals surface area contributed by atoms with Crippen LogP contribution >= 0.6 is 0 Å². The molecule has 0 aliphatic rings. The van der Waals surface area contributed by atoms with Crippen LogP contribution in [0.4, 0.5) is 4.39 Å². The van der Waals surface area contributed by atoms with Gasteiger partial charge in [0.1, 0.15) is 11.9 Å². The first-order chi connectivity index (χ1) is 8.26. The molecule has 2 rings (SSSR count). The molecule has 0 aliphatic carbocycles. The third kappa shape index (κ3) is 2.17. The molecule has 0 unspecified atom stereocenters. The van der Waals surface area contributed by atoms with Gasteiger partial charge in [-0.15, -0.1) is 0 Å². The summed E-state index contributed by atoms with van der Waals surface area (Å²) in [7, 11) is 1.80. The quantitative estimate of drug-likeness (QED) is 0.871. The fourth-order valence-corrected chi connectivity index (χ4v) is 1.64. The summed E-state index contributed by atoms with van der Waals surface area (Å²) < 4.78 is 15.3. The topological polar surface area (TPSA) is 53.6 Å². The second-order valence-electron chi connectivity index (χ2n) is 3.55. The summed E-state index contributed by atoms with van der Waals surface area (Å²) in [6.07, 6.45) is 3.04. The minimum atomic E-state index is -0.368. The number of hydrogen-bond donors (Lipinski definition) is 1. The molecular formula is C12H11FN4. The first-order valence-corrected chi connectivity index (χ1v) is 5.13. The molecule has 86 valence electrons. The monoisotopic (exact) mass is 230 g/mol. The standard InChI is InChI=1S/C12H11FN4/c1-15-8-9-2-3-11(10(13)6-9)17-5-4-16-12(17)7-14/h2-6,15H,8H2,1H3. The molecule has 1 N–H and O–H groups in total. The number of nitrogens with one attached hydrogen (secondary N) is 1. The first kappa shape index (κ1) is 11.3. The fourth-order valence-electron chi connectivity index (χ4n) is 1.64. The molecule has 5 heteroatoms. The Balaban J connectivity index is 2.44. The Labute approximate surface area is 98.3 Å². The van der Waals surface area contributed by atoms with Gasteiger partial charge in [0.25, 0.3) is 0 Å². The highest BCUT2D eigenvalue weighted by atomic mass is 19.1. The number of nitrogens with zero attached hydrogens (tertiary/aromatic N) is 3. The maximum Gasteiger partial charge on any atom is 0.217 e. The maximum atomic E-state index is 13.9. The van der Waals surface area contributed by atoms with E-state index in [4.69, 9.17) is 5.26 Å². The third-order valence-electron chi connectivity index (χ3n) is 2.39. The lowest BCUT2D eigenvalue weighted by Gasteiger charge is -2.07. The molecule has 0 fully saturated rings. The van der Waals surface area contributed by atoms with Gasteiger partial charge in [0.2, 0.25) is 5.82 Å². The molecule has 2 aromatic rings. The Kier molecular flexibility index (Phi) is 3.17. The van der Waals surface area contributed by atoms with Crippen molar-refractivity contribution in [1.29, 1.82) is 5.26 Å². The number of nitriles is 1. The van der Waals surface area contributed by atoms with E-state index < -0.39 is 0 Å². The number of halogens is 1. The number of benzene rings is 1. The molecule has 1 aromatic heterocycles. The lowest BCUT2D eigenvalue weighted by Crippen LogP contribution is -2.06. The smallest absolute Gasteiger partial charge is 0.217 e. The summed E-state index contributed by atoms with van der Waals surface area (Å²) in [6.45, 7) is 0.603. The van der Waals surface area contributed by atoms with E-state index in [9.17, 15) is 4.39 Å². The van der Waals surface area contributed by atoms with Crippen LogP contribution in [-0.4, -0.2) is 16.6 Å². The van der Waals surface area contributed by atoms with Gasteiger partial charge in [-0.05, 0) is 24.7 Å². The van der Waals surface area contributed by atoms with Crippen molar-refractivity contribution in [2.24, 2.45) is 0 Å². The first-order valence-electron chi connectivity index (χ1n) is 5.13. The summed E-state index contributed by atoms with van der Waals surface area (Å²) >= 11 is 0. The second kappa shape index (κ2) is 4.76. The largest absolute Gasteiger partial charge is 0.316 e. The average Bonchev–Trinajstić information content (AvgIpc) is 2.77. The van der Waals surface area contributed by atoms with Crippen LogP contribution in [0.15, 0.2) is 30.6 Å². The van der Waals surface area contributed by atoms with Crippen molar-refractivity contribution in [2.45, 2.75) is 6.54 Å². The summed E-state index contributed by atoms with van der Waals surface area (Å²) in [5, 5.41) is 11.8. The van der Waals surface area contributed by atoms with E-state index in [2.05, 4.69) is 10.3 Å². The predicted molar refractivity (Wildman–Crippen MR) is 61.0 cm³/mol. The van der Waals surface area contributed by atoms with Crippen LogP contribution in [0.5, 0.6) is 0 Å². The molecule has 0 aliphatic heterocycles. The van der Waals surface area contributed by atoms with Crippen molar-refractivity contribution in [3.05, 3.63) is 47.8 Å². The Morgan fingerprint density at radius 1 is 1.53 bits per heavy atom. The Morgan fingerprint density at radius 3 is 3.00 bits per heavy atom. The SMILES string of the molecule is CNCc1ccc(-n2ccnc2C#N)c(F)c1. The lowest BCUT2D eigenvalue weighted by molar-refractivity contribution is 0.613. The van der Waals surface area contributed by atoms with Gasteiger partial charge in [-0.1, -0.05) is 6.07 Å². The van der Waals surface area contributed by atoms with Crippen LogP contribution in [0, 0.1) is 17.1 Å². The minimum absolute atomic E-state index is 0.172. The molecular weight excluding hydrogens is 219 g/mol. The van der Waals surface area contributed by atoms with E-state index in [1.54, 1.807) is 19.3 Å². The van der Waals surface area contributed by atoms with Crippen LogP contribution in [0.3, 0.4) is 0 Å². The zero-order valence-corrected chi connectivity index (χ0v) is 9.31. The predicted octanol–water partition coefficient (Wildman–Crippen LogP) is 1.60. The number of aromatic nitrogens is 2. The minimum Gasteiger partial charge on any atom is -0.316 e. The summed E-state index contributed by atoms with van der Waals surface area (Å²) in [5.74, 6) is -0.197. The molecule has 0 atom stereocenters. The number of rotatable bonds is 3. The zero-order chi connectivity index (χ0) is 12.3. The van der Waals surface area contributed by atoms with Gasteiger partial charge in [0, 0.05) is 18.9 Å². The van der Waals surface area contributed by atoms with Gasteiger partial charge in [0.05, 0.1) is 5.69 Å². The molecule has 0 spiro atoms.